The van der Waals surface area contributed by atoms with Crippen LogP contribution in [0.2, 0.25) is 0 Å². The van der Waals surface area contributed by atoms with E-state index in [0.29, 0.717) is 0 Å². The van der Waals surface area contributed by atoms with Crippen LogP contribution in [-0.2, 0) is 0 Å². The van der Waals surface area contributed by atoms with E-state index in [-0.39, 0.29) is 18.5 Å². The maximum atomic E-state index is 6.00. The zero-order valence-electron chi connectivity index (χ0n) is 10.2. The van der Waals surface area contributed by atoms with Crippen molar-refractivity contribution in [1.82, 2.24) is 5.32 Å². The first-order chi connectivity index (χ1) is 8.38. The highest BCUT2D eigenvalue weighted by Crippen LogP contribution is 2.36. The summed E-state index contributed by atoms with van der Waals surface area (Å²) in [4.78, 5) is 0. The van der Waals surface area contributed by atoms with Crippen molar-refractivity contribution in [3.05, 3.63) is 36.4 Å². The molecule has 1 aliphatic heterocycles. The van der Waals surface area contributed by atoms with E-state index in [1.165, 1.54) is 5.39 Å². The number of ether oxygens (including phenoxy) is 2. The number of hydrogen-bond donors (Lipinski definition) is 1. The van der Waals surface area contributed by atoms with E-state index in [0.717, 1.165) is 30.0 Å². The summed E-state index contributed by atoms with van der Waals surface area (Å²) < 4.78 is 11.4. The minimum absolute atomic E-state index is 0. The number of methoxy groups -OCH3 is 1. The van der Waals surface area contributed by atoms with Crippen molar-refractivity contribution in [3.63, 3.8) is 0 Å². The molecule has 3 rings (SSSR count). The molecule has 18 heavy (non-hydrogen) atoms. The largest absolute Gasteiger partial charge is 0.493 e. The van der Waals surface area contributed by atoms with Gasteiger partial charge in [0.2, 0.25) is 0 Å². The molecule has 3 nitrogen and oxygen atoms in total. The van der Waals surface area contributed by atoms with Gasteiger partial charge in [-0.2, -0.15) is 0 Å². The van der Waals surface area contributed by atoms with E-state index in [1.807, 2.05) is 18.2 Å². The Balaban J connectivity index is 0.00000120. The van der Waals surface area contributed by atoms with E-state index in [4.69, 9.17) is 9.47 Å². The molecule has 0 bridgehead atoms. The molecule has 2 aromatic rings. The Kier molecular flexibility index (Phi) is 3.94. The predicted octanol–water partition coefficient (Wildman–Crippen LogP) is 2.62. The van der Waals surface area contributed by atoms with E-state index in [1.54, 1.807) is 7.11 Å². The third-order valence-electron chi connectivity index (χ3n) is 3.09. The number of fused-ring (bicyclic) bond motifs is 1. The molecule has 0 aromatic heterocycles. The van der Waals surface area contributed by atoms with Gasteiger partial charge in [0, 0.05) is 18.5 Å². The van der Waals surface area contributed by atoms with Crippen molar-refractivity contribution in [2.75, 3.05) is 20.2 Å². The summed E-state index contributed by atoms with van der Waals surface area (Å²) in [5.41, 5.74) is 0. The van der Waals surface area contributed by atoms with Gasteiger partial charge in [-0.25, -0.2) is 0 Å². The fraction of sp³-hybridized carbons (Fsp3) is 0.286. The van der Waals surface area contributed by atoms with Crippen molar-refractivity contribution < 1.29 is 9.47 Å². The second kappa shape index (κ2) is 5.46. The maximum absolute atomic E-state index is 6.00. The van der Waals surface area contributed by atoms with Gasteiger partial charge in [0.1, 0.15) is 6.10 Å². The summed E-state index contributed by atoms with van der Waals surface area (Å²) in [6.45, 7) is 1.82. The smallest absolute Gasteiger partial charge is 0.169 e. The standard InChI is InChI=1S/C14H15NO2.ClH/c1-16-13-7-6-10-4-2-3-5-12(10)14(13)17-11-8-15-9-11;/h2-7,11,15H,8-9H2,1H3;1H. The Morgan fingerprint density at radius 1 is 1.11 bits per heavy atom. The lowest BCUT2D eigenvalue weighted by molar-refractivity contribution is 0.139. The zero-order chi connectivity index (χ0) is 11.7. The minimum atomic E-state index is 0. The Hall–Kier alpha value is -1.45. The minimum Gasteiger partial charge on any atom is -0.493 e. The van der Waals surface area contributed by atoms with Gasteiger partial charge in [0.15, 0.2) is 11.5 Å². The number of rotatable bonds is 3. The normalized spacial score (nSPS) is 14.7. The Labute approximate surface area is 112 Å². The van der Waals surface area contributed by atoms with Crippen LogP contribution in [0.5, 0.6) is 11.5 Å². The first kappa shape index (κ1) is 13.0. The zero-order valence-corrected chi connectivity index (χ0v) is 11.0. The summed E-state index contributed by atoms with van der Waals surface area (Å²) in [6.07, 6.45) is 0.259. The van der Waals surface area contributed by atoms with Gasteiger partial charge >= 0.3 is 0 Å². The first-order valence-corrected chi connectivity index (χ1v) is 5.81. The molecule has 4 heteroatoms. The molecule has 96 valence electrons. The molecule has 1 aliphatic rings. The van der Waals surface area contributed by atoms with Crippen LogP contribution in [0, 0.1) is 0 Å². The van der Waals surface area contributed by atoms with Crippen molar-refractivity contribution in [3.8, 4) is 11.5 Å². The van der Waals surface area contributed by atoms with Crippen molar-refractivity contribution >= 4 is 23.2 Å². The van der Waals surface area contributed by atoms with Crippen LogP contribution in [-0.4, -0.2) is 26.3 Å². The predicted molar refractivity (Wildman–Crippen MR) is 75.0 cm³/mol. The molecule has 1 fully saturated rings. The lowest BCUT2D eigenvalue weighted by Gasteiger charge is -2.29. The molecular weight excluding hydrogens is 250 g/mol. The van der Waals surface area contributed by atoms with Crippen molar-refractivity contribution in [2.24, 2.45) is 0 Å². The van der Waals surface area contributed by atoms with Gasteiger partial charge in [0.05, 0.1) is 7.11 Å². The van der Waals surface area contributed by atoms with E-state index >= 15 is 0 Å². The number of nitrogens with one attached hydrogen (secondary N) is 1. The number of hydrogen-bond acceptors (Lipinski definition) is 3. The second-order valence-corrected chi connectivity index (χ2v) is 4.22. The van der Waals surface area contributed by atoms with Gasteiger partial charge in [-0.1, -0.05) is 30.3 Å². The topological polar surface area (TPSA) is 30.5 Å². The van der Waals surface area contributed by atoms with Crippen LogP contribution in [0.25, 0.3) is 10.8 Å². The molecule has 0 unspecified atom stereocenters. The summed E-state index contributed by atoms with van der Waals surface area (Å²) >= 11 is 0. The van der Waals surface area contributed by atoms with Crippen LogP contribution >= 0.6 is 12.4 Å². The van der Waals surface area contributed by atoms with E-state index in [2.05, 4.69) is 23.5 Å². The maximum Gasteiger partial charge on any atom is 0.169 e. The van der Waals surface area contributed by atoms with Gasteiger partial charge in [-0.3, -0.25) is 0 Å². The van der Waals surface area contributed by atoms with Crippen LogP contribution in [0.15, 0.2) is 36.4 Å². The van der Waals surface area contributed by atoms with Crippen LogP contribution in [0.4, 0.5) is 0 Å². The van der Waals surface area contributed by atoms with Gasteiger partial charge < -0.3 is 14.8 Å². The number of benzene rings is 2. The third kappa shape index (κ3) is 2.24. The van der Waals surface area contributed by atoms with Crippen LogP contribution in [0.1, 0.15) is 0 Å². The first-order valence-electron chi connectivity index (χ1n) is 5.81. The van der Waals surface area contributed by atoms with Gasteiger partial charge in [0.25, 0.3) is 0 Å². The van der Waals surface area contributed by atoms with E-state index in [9.17, 15) is 0 Å². The SMILES string of the molecule is COc1ccc2ccccc2c1OC1CNC1.Cl. The Morgan fingerprint density at radius 3 is 2.56 bits per heavy atom. The van der Waals surface area contributed by atoms with Crippen LogP contribution in [0.3, 0.4) is 0 Å². The number of halogens is 1. The molecule has 1 heterocycles. The van der Waals surface area contributed by atoms with Crippen molar-refractivity contribution in [1.29, 1.82) is 0 Å². The molecule has 0 atom stereocenters. The summed E-state index contributed by atoms with van der Waals surface area (Å²) in [5.74, 6) is 1.66. The molecule has 0 radical (unpaired) electrons. The lowest BCUT2D eigenvalue weighted by Crippen LogP contribution is -2.50. The highest BCUT2D eigenvalue weighted by Gasteiger charge is 2.21. The van der Waals surface area contributed by atoms with Crippen molar-refractivity contribution in [2.45, 2.75) is 6.10 Å². The average Bonchev–Trinajstić information content (AvgIpc) is 2.33. The molecular formula is C14H16ClNO2. The molecule has 0 aliphatic carbocycles. The second-order valence-electron chi connectivity index (χ2n) is 4.22. The molecule has 1 saturated heterocycles. The lowest BCUT2D eigenvalue weighted by atomic mass is 10.1. The average molecular weight is 266 g/mol. The molecule has 0 spiro atoms. The van der Waals surface area contributed by atoms with E-state index < -0.39 is 0 Å². The highest BCUT2D eigenvalue weighted by atomic mass is 35.5. The third-order valence-corrected chi connectivity index (χ3v) is 3.09. The Morgan fingerprint density at radius 2 is 1.89 bits per heavy atom. The van der Waals surface area contributed by atoms with Gasteiger partial charge in [-0.15, -0.1) is 12.4 Å². The molecule has 0 saturated carbocycles. The Bertz CT molecular complexity index is 540. The van der Waals surface area contributed by atoms with Crippen LogP contribution < -0.4 is 14.8 Å². The molecule has 2 aromatic carbocycles. The summed E-state index contributed by atoms with van der Waals surface area (Å²) in [5, 5.41) is 5.49. The summed E-state index contributed by atoms with van der Waals surface area (Å²) in [7, 11) is 1.68. The fourth-order valence-electron chi connectivity index (χ4n) is 2.02. The summed E-state index contributed by atoms with van der Waals surface area (Å²) in [6, 6.07) is 12.2. The quantitative estimate of drug-likeness (QED) is 0.925. The highest BCUT2D eigenvalue weighted by molar-refractivity contribution is 5.90. The monoisotopic (exact) mass is 265 g/mol. The molecule has 0 amide bonds. The van der Waals surface area contributed by atoms with Gasteiger partial charge in [-0.05, 0) is 11.5 Å². The fourth-order valence-corrected chi connectivity index (χ4v) is 2.02. The molecule has 1 N–H and O–H groups in total.